The van der Waals surface area contributed by atoms with E-state index < -0.39 is 0 Å². The van der Waals surface area contributed by atoms with Gasteiger partial charge in [-0.05, 0) is 29.1 Å². The van der Waals surface area contributed by atoms with Gasteiger partial charge in [0.05, 0.1) is 17.3 Å². The molecule has 4 rings (SSSR count). The molecule has 0 aliphatic rings. The minimum atomic E-state index is -0.157. The molecule has 4 aromatic rings. The molecule has 0 amide bonds. The van der Waals surface area contributed by atoms with Gasteiger partial charge in [0.2, 0.25) is 0 Å². The van der Waals surface area contributed by atoms with Gasteiger partial charge in [-0.15, -0.1) is 11.3 Å². The van der Waals surface area contributed by atoms with Crippen molar-refractivity contribution in [2.75, 3.05) is 12.4 Å². The third-order valence-corrected chi connectivity index (χ3v) is 4.98. The first-order chi connectivity index (χ1) is 12.3. The zero-order chi connectivity index (χ0) is 17.2. The Kier molecular flexibility index (Phi) is 4.07. The molecule has 126 valence electrons. The summed E-state index contributed by atoms with van der Waals surface area (Å²) in [6, 6.07) is 9.82. The van der Waals surface area contributed by atoms with Crippen LogP contribution < -0.4 is 10.1 Å². The van der Waals surface area contributed by atoms with Crippen molar-refractivity contribution >= 4 is 27.4 Å². The number of fused-ring (bicyclic) bond motifs is 1. The summed E-state index contributed by atoms with van der Waals surface area (Å²) in [5.74, 6) is 2.51. The van der Waals surface area contributed by atoms with Crippen LogP contribution in [0.15, 0.2) is 54.4 Å². The number of aromatic nitrogens is 4. The highest BCUT2D eigenvalue weighted by atomic mass is 32.1. The Morgan fingerprint density at radius 3 is 2.92 bits per heavy atom. The number of nitrogens with zero attached hydrogens (tertiary/aromatic N) is 4. The highest BCUT2D eigenvalue weighted by Gasteiger charge is 2.20. The number of benzene rings is 1. The fraction of sp³-hybridized carbons (Fsp3) is 0.167. The maximum absolute atomic E-state index is 5.38. The lowest BCUT2D eigenvalue weighted by molar-refractivity contribution is 0.414. The summed E-state index contributed by atoms with van der Waals surface area (Å²) in [5.41, 5.74) is 1.99. The van der Waals surface area contributed by atoms with E-state index in [4.69, 9.17) is 4.74 Å². The Morgan fingerprint density at radius 1 is 1.20 bits per heavy atom. The monoisotopic (exact) mass is 351 g/mol. The van der Waals surface area contributed by atoms with Crippen LogP contribution in [-0.4, -0.2) is 26.6 Å². The van der Waals surface area contributed by atoms with E-state index in [2.05, 4.69) is 26.3 Å². The van der Waals surface area contributed by atoms with Crippen LogP contribution in [0.4, 0.5) is 5.82 Å². The van der Waals surface area contributed by atoms with E-state index in [-0.39, 0.29) is 6.04 Å². The zero-order valence-corrected chi connectivity index (χ0v) is 14.7. The summed E-state index contributed by atoms with van der Waals surface area (Å²) in [6.45, 7) is 0. The van der Waals surface area contributed by atoms with E-state index >= 15 is 0 Å². The van der Waals surface area contributed by atoms with Crippen molar-refractivity contribution in [3.8, 4) is 5.75 Å². The number of hydrogen-bond donors (Lipinski definition) is 1. The van der Waals surface area contributed by atoms with Crippen LogP contribution in [0.2, 0.25) is 0 Å². The van der Waals surface area contributed by atoms with Crippen LogP contribution >= 0.6 is 11.3 Å². The van der Waals surface area contributed by atoms with E-state index in [9.17, 15) is 0 Å². The largest absolute Gasteiger partial charge is 0.497 e. The van der Waals surface area contributed by atoms with E-state index in [0.29, 0.717) is 0 Å². The van der Waals surface area contributed by atoms with Gasteiger partial charge in [0.1, 0.15) is 29.8 Å². The minimum absolute atomic E-state index is 0.157. The molecule has 0 aliphatic carbocycles. The molecule has 0 unspecified atom stereocenters. The molecular formula is C18H17N5OS. The number of rotatable bonds is 5. The van der Waals surface area contributed by atoms with Crippen LogP contribution in [-0.2, 0) is 7.05 Å². The topological polar surface area (TPSA) is 64.9 Å². The summed E-state index contributed by atoms with van der Waals surface area (Å²) in [5, 5.41) is 5.56. The smallest absolute Gasteiger partial charge is 0.148 e. The van der Waals surface area contributed by atoms with Gasteiger partial charge in [0.25, 0.3) is 0 Å². The van der Waals surface area contributed by atoms with Gasteiger partial charge in [0, 0.05) is 19.4 Å². The third kappa shape index (κ3) is 2.94. The molecule has 0 spiro atoms. The molecule has 0 saturated carbocycles. The van der Waals surface area contributed by atoms with Crippen molar-refractivity contribution < 1.29 is 4.74 Å². The quantitative estimate of drug-likeness (QED) is 0.595. The number of methoxy groups -OCH3 is 1. The highest BCUT2D eigenvalue weighted by Crippen LogP contribution is 2.31. The summed E-state index contributed by atoms with van der Waals surface area (Å²) < 4.78 is 8.42. The Bertz CT molecular complexity index is 1010. The van der Waals surface area contributed by atoms with Crippen molar-refractivity contribution in [3.05, 3.63) is 65.8 Å². The van der Waals surface area contributed by atoms with Crippen molar-refractivity contribution in [2.24, 2.45) is 7.05 Å². The molecule has 0 aliphatic heterocycles. The number of ether oxygens (including phenoxy) is 1. The predicted molar refractivity (Wildman–Crippen MR) is 99.1 cm³/mol. The molecule has 1 N–H and O–H groups in total. The third-order valence-electron chi connectivity index (χ3n) is 4.07. The lowest BCUT2D eigenvalue weighted by atomic mass is 10.1. The number of imidazole rings is 1. The lowest BCUT2D eigenvalue weighted by Gasteiger charge is -2.20. The van der Waals surface area contributed by atoms with Gasteiger partial charge >= 0.3 is 0 Å². The van der Waals surface area contributed by atoms with Crippen LogP contribution in [0.25, 0.3) is 10.2 Å². The molecule has 0 fully saturated rings. The molecule has 7 heteroatoms. The fourth-order valence-corrected chi connectivity index (χ4v) is 3.60. The molecule has 3 heterocycles. The Hall–Kier alpha value is -2.93. The molecule has 6 nitrogen and oxygen atoms in total. The second-order valence-electron chi connectivity index (χ2n) is 5.61. The lowest BCUT2D eigenvalue weighted by Crippen LogP contribution is -2.17. The van der Waals surface area contributed by atoms with Gasteiger partial charge in [-0.3, -0.25) is 0 Å². The van der Waals surface area contributed by atoms with Crippen molar-refractivity contribution in [1.29, 1.82) is 0 Å². The van der Waals surface area contributed by atoms with E-state index in [1.165, 1.54) is 0 Å². The second kappa shape index (κ2) is 6.52. The fourth-order valence-electron chi connectivity index (χ4n) is 2.80. The average Bonchev–Trinajstić information content (AvgIpc) is 3.29. The number of anilines is 1. The number of hydrogen-bond acceptors (Lipinski definition) is 6. The van der Waals surface area contributed by atoms with Crippen LogP contribution in [0.5, 0.6) is 5.75 Å². The van der Waals surface area contributed by atoms with Crippen LogP contribution in [0.3, 0.4) is 0 Å². The first-order valence-corrected chi connectivity index (χ1v) is 8.70. The SMILES string of the molecule is COc1cccc([C@H](Nc2ncnc3ccsc23)c2nccn2C)c1. The molecule has 0 saturated heterocycles. The summed E-state index contributed by atoms with van der Waals surface area (Å²) >= 11 is 1.62. The molecule has 1 atom stereocenters. The van der Waals surface area contributed by atoms with E-state index in [1.54, 1.807) is 31.0 Å². The maximum atomic E-state index is 5.38. The molecule has 3 aromatic heterocycles. The summed E-state index contributed by atoms with van der Waals surface area (Å²) in [6.07, 6.45) is 5.31. The summed E-state index contributed by atoms with van der Waals surface area (Å²) in [4.78, 5) is 13.3. The highest BCUT2D eigenvalue weighted by molar-refractivity contribution is 7.17. The zero-order valence-electron chi connectivity index (χ0n) is 13.9. The van der Waals surface area contributed by atoms with Gasteiger partial charge in [-0.25, -0.2) is 15.0 Å². The summed E-state index contributed by atoms with van der Waals surface area (Å²) in [7, 11) is 3.65. The maximum Gasteiger partial charge on any atom is 0.148 e. The average molecular weight is 351 g/mol. The van der Waals surface area contributed by atoms with Crippen LogP contribution in [0, 0.1) is 0 Å². The van der Waals surface area contributed by atoms with Gasteiger partial charge in [0.15, 0.2) is 0 Å². The molecular weight excluding hydrogens is 334 g/mol. The van der Waals surface area contributed by atoms with Gasteiger partial charge in [-0.2, -0.15) is 0 Å². The molecule has 1 aromatic carbocycles. The van der Waals surface area contributed by atoms with Crippen molar-refractivity contribution in [2.45, 2.75) is 6.04 Å². The Balaban J connectivity index is 1.80. The Morgan fingerprint density at radius 2 is 2.12 bits per heavy atom. The van der Waals surface area contributed by atoms with E-state index in [1.807, 2.05) is 47.5 Å². The van der Waals surface area contributed by atoms with Gasteiger partial charge < -0.3 is 14.6 Å². The van der Waals surface area contributed by atoms with E-state index in [0.717, 1.165) is 33.2 Å². The van der Waals surface area contributed by atoms with Crippen molar-refractivity contribution in [3.63, 3.8) is 0 Å². The molecule has 0 bridgehead atoms. The minimum Gasteiger partial charge on any atom is -0.497 e. The predicted octanol–water partition coefficient (Wildman–Crippen LogP) is 3.63. The first-order valence-electron chi connectivity index (χ1n) is 7.82. The normalized spacial score (nSPS) is 12.2. The van der Waals surface area contributed by atoms with Gasteiger partial charge in [-0.1, -0.05) is 12.1 Å². The van der Waals surface area contributed by atoms with Crippen molar-refractivity contribution in [1.82, 2.24) is 19.5 Å². The number of nitrogens with one attached hydrogen (secondary N) is 1. The number of thiophene rings is 1. The second-order valence-corrected chi connectivity index (χ2v) is 6.52. The first kappa shape index (κ1) is 15.6. The standard InChI is InChI=1S/C18H17N5OS/c1-23-8-7-19-18(23)15(12-4-3-5-13(10-12)24-2)22-17-16-14(6-9-25-16)20-11-21-17/h3-11,15H,1-2H3,(H,20,21,22)/t15-/m0/s1. The van der Waals surface area contributed by atoms with Crippen LogP contribution in [0.1, 0.15) is 17.4 Å². The number of aryl methyl sites for hydroxylation is 1. The molecule has 0 radical (unpaired) electrons. The Labute approximate surface area is 149 Å². The molecule has 25 heavy (non-hydrogen) atoms.